The third kappa shape index (κ3) is 4.94. The molecule has 186 valence electrons. The molecule has 3 heterocycles. The van der Waals surface area contributed by atoms with Crippen molar-refractivity contribution < 1.29 is 9.53 Å². The van der Waals surface area contributed by atoms with Crippen LogP contribution in [0.15, 0.2) is 24.3 Å². The molecule has 1 atom stereocenters. The van der Waals surface area contributed by atoms with E-state index in [1.807, 2.05) is 47.4 Å². The standard InChI is InChI=1S/C27H35N5O2S/c1-4-8-23-29-25(24-19-12-11-18(3)17-22(19)35-26(24)30-23)31-13-15-32(16-14-31)27(33)28-20-9-6-7-10-21(20)34-5-2/h6-7,9-10,18H,4-5,8,11-17H2,1-3H3,(H,28,33). The van der Waals surface area contributed by atoms with Crippen molar-refractivity contribution in [2.75, 3.05) is 43.0 Å². The highest BCUT2D eigenvalue weighted by Crippen LogP contribution is 2.41. The van der Waals surface area contributed by atoms with Crippen LogP contribution in [-0.4, -0.2) is 53.7 Å². The number of carbonyl (C=O) groups excluding carboxylic acids is 1. The van der Waals surface area contributed by atoms with Gasteiger partial charge in [0.15, 0.2) is 0 Å². The molecule has 1 N–H and O–H groups in total. The Labute approximate surface area is 211 Å². The van der Waals surface area contributed by atoms with Crippen LogP contribution in [-0.2, 0) is 19.3 Å². The number of anilines is 2. The molecule has 8 heteroatoms. The van der Waals surface area contributed by atoms with Crippen LogP contribution in [0, 0.1) is 5.92 Å². The van der Waals surface area contributed by atoms with E-state index in [1.54, 1.807) is 0 Å². The number of fused-ring (bicyclic) bond motifs is 3. The summed E-state index contributed by atoms with van der Waals surface area (Å²) in [7, 11) is 0. The topological polar surface area (TPSA) is 70.6 Å². The minimum atomic E-state index is -0.0850. The molecule has 1 saturated heterocycles. The molecule has 2 amide bonds. The van der Waals surface area contributed by atoms with Gasteiger partial charge in [-0.25, -0.2) is 14.8 Å². The Kier molecular flexibility index (Phi) is 7.09. The van der Waals surface area contributed by atoms with Gasteiger partial charge in [0.1, 0.15) is 22.2 Å². The van der Waals surface area contributed by atoms with E-state index in [2.05, 4.69) is 24.1 Å². The van der Waals surface area contributed by atoms with Gasteiger partial charge in [-0.1, -0.05) is 26.0 Å². The first-order chi connectivity index (χ1) is 17.1. The molecular weight excluding hydrogens is 458 g/mol. The molecule has 35 heavy (non-hydrogen) atoms. The lowest BCUT2D eigenvalue weighted by Gasteiger charge is -2.36. The van der Waals surface area contributed by atoms with Crippen molar-refractivity contribution in [2.24, 2.45) is 5.92 Å². The first kappa shape index (κ1) is 23.9. The minimum Gasteiger partial charge on any atom is -0.492 e. The van der Waals surface area contributed by atoms with Crippen LogP contribution in [0.3, 0.4) is 0 Å². The average molecular weight is 494 g/mol. The van der Waals surface area contributed by atoms with E-state index < -0.39 is 0 Å². The Bertz CT molecular complexity index is 1200. The van der Waals surface area contributed by atoms with Crippen LogP contribution < -0.4 is 15.0 Å². The Morgan fingerprint density at radius 1 is 1.17 bits per heavy atom. The summed E-state index contributed by atoms with van der Waals surface area (Å²) in [5.41, 5.74) is 2.18. The number of ether oxygens (including phenoxy) is 1. The van der Waals surface area contributed by atoms with Crippen molar-refractivity contribution in [2.45, 2.75) is 52.9 Å². The van der Waals surface area contributed by atoms with Gasteiger partial charge < -0.3 is 19.9 Å². The SMILES string of the molecule is CCCc1nc(N2CCN(C(=O)Nc3ccccc3OCC)CC2)c2c3c(sc2n1)CC(C)CC3. The van der Waals surface area contributed by atoms with Crippen LogP contribution in [0.4, 0.5) is 16.3 Å². The number of rotatable bonds is 6. The van der Waals surface area contributed by atoms with E-state index >= 15 is 0 Å². The molecule has 2 aromatic heterocycles. The van der Waals surface area contributed by atoms with Gasteiger partial charge in [0.2, 0.25) is 0 Å². The quantitative estimate of drug-likeness (QED) is 0.490. The molecular formula is C27H35N5O2S. The van der Waals surface area contributed by atoms with E-state index in [0.717, 1.165) is 61.2 Å². The summed E-state index contributed by atoms with van der Waals surface area (Å²) in [4.78, 5) is 29.9. The lowest BCUT2D eigenvalue weighted by Crippen LogP contribution is -2.50. The molecule has 1 fully saturated rings. The van der Waals surface area contributed by atoms with Crippen molar-refractivity contribution >= 4 is 39.1 Å². The average Bonchev–Trinajstić information content (AvgIpc) is 3.22. The predicted octanol–water partition coefficient (Wildman–Crippen LogP) is 5.52. The second-order valence-corrected chi connectivity index (χ2v) is 10.7. The van der Waals surface area contributed by atoms with Gasteiger partial charge in [-0.05, 0) is 56.2 Å². The molecule has 1 aliphatic heterocycles. The summed E-state index contributed by atoms with van der Waals surface area (Å²) < 4.78 is 5.66. The largest absolute Gasteiger partial charge is 0.492 e. The fraction of sp³-hybridized carbons (Fsp3) is 0.519. The molecule has 0 radical (unpaired) electrons. The number of hydrogen-bond donors (Lipinski definition) is 1. The summed E-state index contributed by atoms with van der Waals surface area (Å²) in [6.45, 7) is 9.86. The van der Waals surface area contributed by atoms with Crippen LogP contribution in [0.1, 0.15) is 49.9 Å². The number of carbonyl (C=O) groups is 1. The van der Waals surface area contributed by atoms with E-state index in [0.29, 0.717) is 31.1 Å². The summed E-state index contributed by atoms with van der Waals surface area (Å²) >= 11 is 1.87. The first-order valence-corrected chi connectivity index (χ1v) is 13.7. The lowest BCUT2D eigenvalue weighted by molar-refractivity contribution is 0.208. The smallest absolute Gasteiger partial charge is 0.322 e. The normalized spacial score (nSPS) is 18.0. The van der Waals surface area contributed by atoms with Gasteiger partial charge in [-0.3, -0.25) is 0 Å². The summed E-state index contributed by atoms with van der Waals surface area (Å²) in [5, 5.41) is 4.30. The molecule has 0 saturated carbocycles. The number of hydrogen-bond acceptors (Lipinski definition) is 6. The number of urea groups is 1. The van der Waals surface area contributed by atoms with Gasteiger partial charge in [-0.2, -0.15) is 0 Å². The summed E-state index contributed by atoms with van der Waals surface area (Å²) in [6.07, 6.45) is 5.41. The monoisotopic (exact) mass is 493 g/mol. The number of amides is 2. The number of thiophene rings is 1. The maximum atomic E-state index is 13.0. The van der Waals surface area contributed by atoms with Crippen LogP contribution in [0.5, 0.6) is 5.75 Å². The third-order valence-corrected chi connectivity index (χ3v) is 8.10. The van der Waals surface area contributed by atoms with Crippen LogP contribution in [0.2, 0.25) is 0 Å². The highest BCUT2D eigenvalue weighted by molar-refractivity contribution is 7.19. The molecule has 5 rings (SSSR count). The molecule has 1 unspecified atom stereocenters. The second kappa shape index (κ2) is 10.4. The summed E-state index contributed by atoms with van der Waals surface area (Å²) in [5.74, 6) is 3.45. The van der Waals surface area contributed by atoms with Crippen molar-refractivity contribution in [3.8, 4) is 5.75 Å². The molecule has 1 aliphatic carbocycles. The number of benzene rings is 1. The van der Waals surface area contributed by atoms with Crippen LogP contribution in [0.25, 0.3) is 10.2 Å². The zero-order valence-corrected chi connectivity index (χ0v) is 21.8. The van der Waals surface area contributed by atoms with Gasteiger partial charge >= 0.3 is 6.03 Å². The van der Waals surface area contributed by atoms with Crippen molar-refractivity contribution in [1.29, 1.82) is 0 Å². The third-order valence-electron chi connectivity index (χ3n) is 6.95. The number of nitrogens with zero attached hydrogens (tertiary/aromatic N) is 4. The molecule has 0 bridgehead atoms. The number of piperazine rings is 1. The van der Waals surface area contributed by atoms with Crippen molar-refractivity contribution in [1.82, 2.24) is 14.9 Å². The zero-order chi connectivity index (χ0) is 24.4. The minimum absolute atomic E-state index is 0.0850. The molecule has 1 aromatic carbocycles. The van der Waals surface area contributed by atoms with Crippen molar-refractivity contribution in [3.63, 3.8) is 0 Å². The molecule has 0 spiro atoms. The zero-order valence-electron chi connectivity index (χ0n) is 21.0. The Morgan fingerprint density at radius 3 is 2.74 bits per heavy atom. The lowest BCUT2D eigenvalue weighted by atomic mass is 9.89. The number of aryl methyl sites for hydroxylation is 2. The van der Waals surface area contributed by atoms with Crippen LogP contribution >= 0.6 is 11.3 Å². The number of para-hydroxylation sites is 2. The van der Waals surface area contributed by atoms with E-state index in [9.17, 15) is 4.79 Å². The molecule has 3 aromatic rings. The predicted molar refractivity (Wildman–Crippen MR) is 143 cm³/mol. The van der Waals surface area contributed by atoms with Gasteiger partial charge in [0.25, 0.3) is 0 Å². The Balaban J connectivity index is 1.35. The maximum Gasteiger partial charge on any atom is 0.322 e. The van der Waals surface area contributed by atoms with E-state index in [1.165, 1.54) is 22.2 Å². The van der Waals surface area contributed by atoms with E-state index in [-0.39, 0.29) is 6.03 Å². The Morgan fingerprint density at radius 2 is 1.97 bits per heavy atom. The van der Waals surface area contributed by atoms with Gasteiger partial charge in [0, 0.05) is 37.5 Å². The number of nitrogens with one attached hydrogen (secondary N) is 1. The summed E-state index contributed by atoms with van der Waals surface area (Å²) in [6, 6.07) is 7.50. The van der Waals surface area contributed by atoms with E-state index in [4.69, 9.17) is 14.7 Å². The fourth-order valence-electron chi connectivity index (χ4n) is 5.10. The second-order valence-electron chi connectivity index (χ2n) is 9.58. The number of aromatic nitrogens is 2. The van der Waals surface area contributed by atoms with Gasteiger partial charge in [0.05, 0.1) is 17.7 Å². The maximum absolute atomic E-state index is 13.0. The fourth-order valence-corrected chi connectivity index (χ4v) is 6.49. The first-order valence-electron chi connectivity index (χ1n) is 12.9. The highest BCUT2D eigenvalue weighted by atomic mass is 32.1. The van der Waals surface area contributed by atoms with Crippen molar-refractivity contribution in [3.05, 3.63) is 40.5 Å². The molecule has 2 aliphatic rings. The van der Waals surface area contributed by atoms with Gasteiger partial charge in [-0.15, -0.1) is 11.3 Å². The molecule has 7 nitrogen and oxygen atoms in total. The Hall–Kier alpha value is -2.87. The highest BCUT2D eigenvalue weighted by Gasteiger charge is 2.28.